The van der Waals surface area contributed by atoms with Crippen molar-refractivity contribution in [3.63, 3.8) is 0 Å². The molecule has 1 aliphatic carbocycles. The van der Waals surface area contributed by atoms with Gasteiger partial charge in [0, 0.05) is 30.2 Å². The Bertz CT molecular complexity index is 1260. The number of carbonyl (C=O) groups is 1. The van der Waals surface area contributed by atoms with E-state index in [1.165, 1.54) is 31.3 Å². The zero-order valence-corrected chi connectivity index (χ0v) is 20.8. The number of rotatable bonds is 10. The molecule has 0 spiro atoms. The van der Waals surface area contributed by atoms with Gasteiger partial charge in [0.1, 0.15) is 24.1 Å². The summed E-state index contributed by atoms with van der Waals surface area (Å²) in [6, 6.07) is 8.14. The number of hydrogen-bond donors (Lipinski definition) is 1. The molecule has 2 aliphatic rings. The van der Waals surface area contributed by atoms with Crippen molar-refractivity contribution in [2.45, 2.75) is 32.3 Å². The highest BCUT2D eigenvalue weighted by Crippen LogP contribution is 2.37. The van der Waals surface area contributed by atoms with Crippen LogP contribution >= 0.6 is 11.6 Å². The number of ether oxygens (including phenoxy) is 3. The van der Waals surface area contributed by atoms with Crippen LogP contribution in [0.2, 0.25) is 5.02 Å². The topological polar surface area (TPSA) is 85.8 Å². The van der Waals surface area contributed by atoms with Crippen LogP contribution in [0.5, 0.6) is 11.5 Å². The fraction of sp³-hybridized carbons (Fsp3) is 0.423. The van der Waals surface area contributed by atoms with E-state index in [2.05, 4.69) is 20.2 Å². The molecule has 1 saturated heterocycles. The van der Waals surface area contributed by atoms with Gasteiger partial charge in [0.05, 0.1) is 30.3 Å². The zero-order chi connectivity index (χ0) is 25.1. The Labute approximate surface area is 213 Å². The average molecular weight is 515 g/mol. The molecule has 5 rings (SSSR count). The molecule has 2 aromatic carbocycles. The molecule has 2 fully saturated rings. The maximum atomic E-state index is 13.6. The number of benzene rings is 2. The van der Waals surface area contributed by atoms with E-state index in [0.717, 1.165) is 24.9 Å². The van der Waals surface area contributed by atoms with Crippen molar-refractivity contribution in [3.05, 3.63) is 47.5 Å². The molecule has 1 aliphatic heterocycles. The molecule has 0 radical (unpaired) electrons. The summed E-state index contributed by atoms with van der Waals surface area (Å²) in [5.41, 5.74) is 1.29. The lowest BCUT2D eigenvalue weighted by Crippen LogP contribution is -2.44. The molecule has 190 valence electrons. The third-order valence-electron chi connectivity index (χ3n) is 6.13. The van der Waals surface area contributed by atoms with Crippen LogP contribution in [-0.4, -0.2) is 59.8 Å². The van der Waals surface area contributed by atoms with Crippen LogP contribution in [0, 0.1) is 11.7 Å². The molecule has 0 amide bonds. The molecule has 3 aromatic rings. The van der Waals surface area contributed by atoms with Gasteiger partial charge in [-0.1, -0.05) is 11.6 Å². The van der Waals surface area contributed by atoms with Gasteiger partial charge in [0.25, 0.3) is 0 Å². The van der Waals surface area contributed by atoms with Gasteiger partial charge in [-0.05, 0) is 56.4 Å². The summed E-state index contributed by atoms with van der Waals surface area (Å²) in [5, 5.41) is 3.97. The van der Waals surface area contributed by atoms with Gasteiger partial charge in [-0.2, -0.15) is 0 Å². The number of aromatic nitrogens is 2. The molecule has 1 N–H and O–H groups in total. The number of halogens is 2. The Kier molecular flexibility index (Phi) is 7.38. The monoisotopic (exact) mass is 514 g/mol. The second kappa shape index (κ2) is 10.8. The molecular formula is C26H28ClFN4O4. The zero-order valence-electron chi connectivity index (χ0n) is 20.0. The van der Waals surface area contributed by atoms with Crippen molar-refractivity contribution in [3.8, 4) is 11.5 Å². The van der Waals surface area contributed by atoms with Crippen LogP contribution in [0.1, 0.15) is 26.2 Å². The first-order chi connectivity index (χ1) is 17.4. The molecular weight excluding hydrogens is 487 g/mol. The van der Waals surface area contributed by atoms with Gasteiger partial charge < -0.3 is 19.5 Å². The summed E-state index contributed by atoms with van der Waals surface area (Å²) in [6.07, 6.45) is 4.45. The summed E-state index contributed by atoms with van der Waals surface area (Å²) in [4.78, 5) is 22.5. The van der Waals surface area contributed by atoms with Gasteiger partial charge in [0.15, 0.2) is 11.5 Å². The molecule has 1 atom stereocenters. The van der Waals surface area contributed by atoms with Crippen LogP contribution < -0.4 is 14.8 Å². The first-order valence-electron chi connectivity index (χ1n) is 12.1. The molecule has 10 heteroatoms. The van der Waals surface area contributed by atoms with E-state index in [1.54, 1.807) is 6.07 Å². The minimum atomic E-state index is -0.484. The van der Waals surface area contributed by atoms with Crippen molar-refractivity contribution in [2.24, 2.45) is 5.92 Å². The van der Waals surface area contributed by atoms with Gasteiger partial charge in [0.2, 0.25) is 0 Å². The Morgan fingerprint density at radius 3 is 2.81 bits per heavy atom. The van der Waals surface area contributed by atoms with Crippen LogP contribution in [-0.2, 0) is 9.53 Å². The second-order valence-corrected chi connectivity index (χ2v) is 9.69. The SMILES string of the molecule is C[C@H]1CN(CCCOc2cc3ncnc(Nc4ccc(F)c(Cl)c4)c3cc2OCC2CC2)CC(=O)O1. The Balaban J connectivity index is 1.32. The summed E-state index contributed by atoms with van der Waals surface area (Å²) in [7, 11) is 0. The number of nitrogens with one attached hydrogen (secondary N) is 1. The number of anilines is 2. The maximum Gasteiger partial charge on any atom is 0.320 e. The standard InChI is InChI=1S/C26H28ClFN4O4/c1-16-12-32(13-25(33)36-16)7-2-8-34-24-11-22-19(10-23(24)35-14-17-3-4-17)26(30-15-29-22)31-18-5-6-21(28)20(27)9-18/h5-6,9-11,15-17H,2-4,7-8,12-14H2,1H3,(H,29,30,31)/t16-/m0/s1. The fourth-order valence-corrected chi connectivity index (χ4v) is 4.32. The van der Waals surface area contributed by atoms with Crippen molar-refractivity contribution in [1.82, 2.24) is 14.9 Å². The third kappa shape index (κ3) is 6.14. The van der Waals surface area contributed by atoms with E-state index in [9.17, 15) is 9.18 Å². The molecule has 8 nitrogen and oxygen atoms in total. The lowest BCUT2D eigenvalue weighted by molar-refractivity contribution is -0.157. The van der Waals surface area contributed by atoms with Crippen LogP contribution in [0.3, 0.4) is 0 Å². The third-order valence-corrected chi connectivity index (χ3v) is 6.42. The van der Waals surface area contributed by atoms with Crippen molar-refractivity contribution in [2.75, 3.05) is 38.2 Å². The average Bonchev–Trinajstić information content (AvgIpc) is 3.67. The highest BCUT2D eigenvalue weighted by Gasteiger charge is 2.24. The molecule has 1 aromatic heterocycles. The van der Waals surface area contributed by atoms with E-state index < -0.39 is 5.82 Å². The number of esters is 1. The van der Waals surface area contributed by atoms with Crippen LogP contribution in [0.25, 0.3) is 10.9 Å². The molecule has 0 bridgehead atoms. The van der Waals surface area contributed by atoms with Gasteiger partial charge in [-0.25, -0.2) is 14.4 Å². The Morgan fingerprint density at radius 1 is 1.19 bits per heavy atom. The first kappa shape index (κ1) is 24.5. The minimum absolute atomic E-state index is 0.0263. The predicted molar refractivity (Wildman–Crippen MR) is 135 cm³/mol. The van der Waals surface area contributed by atoms with E-state index >= 15 is 0 Å². The maximum absolute atomic E-state index is 13.6. The number of hydrogen-bond acceptors (Lipinski definition) is 8. The largest absolute Gasteiger partial charge is 0.490 e. The lowest BCUT2D eigenvalue weighted by atomic mass is 10.2. The van der Waals surface area contributed by atoms with E-state index in [-0.39, 0.29) is 17.1 Å². The summed E-state index contributed by atoms with van der Waals surface area (Å²) in [5.74, 6) is 1.69. The summed E-state index contributed by atoms with van der Waals surface area (Å²) < 4.78 is 31.0. The highest BCUT2D eigenvalue weighted by atomic mass is 35.5. The number of fused-ring (bicyclic) bond motifs is 1. The number of nitrogens with zero attached hydrogens (tertiary/aromatic N) is 3. The molecule has 0 unspecified atom stereocenters. The number of morpholine rings is 1. The van der Waals surface area contributed by atoms with Crippen molar-refractivity contribution in [1.29, 1.82) is 0 Å². The fourth-order valence-electron chi connectivity index (χ4n) is 4.14. The minimum Gasteiger partial charge on any atom is -0.490 e. The van der Waals surface area contributed by atoms with Crippen LogP contribution in [0.4, 0.5) is 15.9 Å². The molecule has 2 heterocycles. The highest BCUT2D eigenvalue weighted by molar-refractivity contribution is 6.31. The van der Waals surface area contributed by atoms with E-state index in [1.807, 2.05) is 19.1 Å². The first-order valence-corrected chi connectivity index (χ1v) is 12.5. The number of cyclic esters (lactones) is 1. The predicted octanol–water partition coefficient (Wildman–Crippen LogP) is 4.97. The smallest absolute Gasteiger partial charge is 0.320 e. The second-order valence-electron chi connectivity index (χ2n) is 9.28. The van der Waals surface area contributed by atoms with Gasteiger partial charge in [-0.15, -0.1) is 0 Å². The molecule has 1 saturated carbocycles. The quantitative estimate of drug-likeness (QED) is 0.300. The van der Waals surface area contributed by atoms with E-state index in [0.29, 0.717) is 54.2 Å². The van der Waals surface area contributed by atoms with Crippen LogP contribution in [0.15, 0.2) is 36.7 Å². The van der Waals surface area contributed by atoms with Crippen molar-refractivity contribution < 1.29 is 23.4 Å². The number of carbonyl (C=O) groups excluding carboxylic acids is 1. The van der Waals surface area contributed by atoms with Gasteiger partial charge >= 0.3 is 5.97 Å². The Morgan fingerprint density at radius 2 is 2.03 bits per heavy atom. The normalized spacial score (nSPS) is 18.2. The Hall–Kier alpha value is -3.17. The van der Waals surface area contributed by atoms with Gasteiger partial charge in [-0.3, -0.25) is 9.69 Å². The van der Waals surface area contributed by atoms with Crippen molar-refractivity contribution >= 4 is 40.0 Å². The summed E-state index contributed by atoms with van der Waals surface area (Å²) in [6.45, 7) is 4.76. The van der Waals surface area contributed by atoms with E-state index in [4.69, 9.17) is 25.8 Å². The lowest BCUT2D eigenvalue weighted by Gasteiger charge is -2.30. The molecule has 36 heavy (non-hydrogen) atoms. The summed E-state index contributed by atoms with van der Waals surface area (Å²) >= 11 is 5.94.